The summed E-state index contributed by atoms with van der Waals surface area (Å²) >= 11 is 0. The third kappa shape index (κ3) is 4.71. The van der Waals surface area contributed by atoms with Gasteiger partial charge in [-0.25, -0.2) is 0 Å². The highest BCUT2D eigenvalue weighted by molar-refractivity contribution is 6.02. The third-order valence-corrected chi connectivity index (χ3v) is 5.55. The van der Waals surface area contributed by atoms with Crippen molar-refractivity contribution in [2.45, 2.75) is 6.92 Å². The second kappa shape index (κ2) is 9.13. The second-order valence-corrected chi connectivity index (χ2v) is 7.73. The number of aryl methyl sites for hydroxylation is 1. The summed E-state index contributed by atoms with van der Waals surface area (Å²) in [6.45, 7) is 5.89. The van der Waals surface area contributed by atoms with Gasteiger partial charge in [0.15, 0.2) is 6.61 Å². The molecule has 2 aromatic carbocycles. The van der Waals surface area contributed by atoms with Gasteiger partial charge >= 0.3 is 0 Å². The molecule has 1 fully saturated rings. The van der Waals surface area contributed by atoms with Gasteiger partial charge in [-0.2, -0.15) is 0 Å². The van der Waals surface area contributed by atoms with Crippen molar-refractivity contribution in [3.8, 4) is 5.75 Å². The molecule has 2 amide bonds. The van der Waals surface area contributed by atoms with Crippen molar-refractivity contribution in [2.24, 2.45) is 0 Å². The van der Waals surface area contributed by atoms with E-state index in [4.69, 9.17) is 4.74 Å². The predicted molar refractivity (Wildman–Crippen MR) is 118 cm³/mol. The molecular formula is C24H27N3O3. The van der Waals surface area contributed by atoms with Crippen LogP contribution in [0.3, 0.4) is 0 Å². The molecule has 1 saturated heterocycles. The van der Waals surface area contributed by atoms with Gasteiger partial charge in [-0.3, -0.25) is 19.4 Å². The van der Waals surface area contributed by atoms with Crippen LogP contribution in [0.25, 0.3) is 6.08 Å². The fourth-order valence-corrected chi connectivity index (χ4v) is 3.80. The number of fused-ring (bicyclic) bond motifs is 1. The van der Waals surface area contributed by atoms with Crippen LogP contribution in [-0.2, 0) is 9.59 Å². The van der Waals surface area contributed by atoms with Crippen LogP contribution in [0.5, 0.6) is 5.75 Å². The average Bonchev–Trinajstić information content (AvgIpc) is 2.77. The van der Waals surface area contributed by atoms with E-state index in [0.717, 1.165) is 25.2 Å². The summed E-state index contributed by atoms with van der Waals surface area (Å²) in [5.41, 5.74) is 2.91. The average molecular weight is 405 g/mol. The Bertz CT molecular complexity index is 934. The van der Waals surface area contributed by atoms with Gasteiger partial charge in [-0.1, -0.05) is 48.6 Å². The Morgan fingerprint density at radius 1 is 1.07 bits per heavy atom. The van der Waals surface area contributed by atoms with Crippen LogP contribution in [0.2, 0.25) is 0 Å². The molecule has 0 spiro atoms. The summed E-state index contributed by atoms with van der Waals surface area (Å²) < 4.78 is 5.50. The predicted octanol–water partition coefficient (Wildman–Crippen LogP) is 2.58. The van der Waals surface area contributed by atoms with Crippen molar-refractivity contribution in [1.29, 1.82) is 0 Å². The van der Waals surface area contributed by atoms with Crippen molar-refractivity contribution >= 4 is 23.6 Å². The lowest BCUT2D eigenvalue weighted by molar-refractivity contribution is -0.133. The number of anilines is 1. The van der Waals surface area contributed by atoms with Gasteiger partial charge in [0.1, 0.15) is 12.3 Å². The zero-order valence-electron chi connectivity index (χ0n) is 17.3. The molecule has 0 radical (unpaired) electrons. The number of carbonyl (C=O) groups excluding carboxylic acids is 2. The highest BCUT2D eigenvalue weighted by Crippen LogP contribution is 2.32. The number of nitrogens with zero attached hydrogens (tertiary/aromatic N) is 3. The first-order valence-corrected chi connectivity index (χ1v) is 10.4. The topological polar surface area (TPSA) is 53.1 Å². The molecule has 0 aromatic heterocycles. The van der Waals surface area contributed by atoms with Gasteiger partial charge in [-0.15, -0.1) is 0 Å². The summed E-state index contributed by atoms with van der Waals surface area (Å²) in [6.07, 6.45) is 4.29. The van der Waals surface area contributed by atoms with E-state index < -0.39 is 0 Å². The maximum atomic E-state index is 12.9. The monoisotopic (exact) mass is 405 g/mol. The fraction of sp³-hybridized carbons (Fsp3) is 0.333. The smallest absolute Gasteiger partial charge is 0.265 e. The standard InChI is InChI=1S/C24H27N3O3/c1-19-9-10-22-21(16-19)27(24(29)18-30-22)17-23(28)26-14-12-25(13-15-26)11-5-8-20-6-3-2-4-7-20/h2-10,16H,11-15,17-18H2,1H3. The minimum atomic E-state index is -0.175. The third-order valence-electron chi connectivity index (χ3n) is 5.55. The van der Waals surface area contributed by atoms with Crippen molar-refractivity contribution in [3.05, 3.63) is 65.7 Å². The first-order valence-electron chi connectivity index (χ1n) is 10.4. The van der Waals surface area contributed by atoms with Gasteiger partial charge in [0.25, 0.3) is 5.91 Å². The molecule has 2 aliphatic rings. The summed E-state index contributed by atoms with van der Waals surface area (Å²) in [6, 6.07) is 15.9. The minimum Gasteiger partial charge on any atom is -0.482 e. The lowest BCUT2D eigenvalue weighted by Crippen LogP contribution is -2.52. The number of benzene rings is 2. The van der Waals surface area contributed by atoms with E-state index in [0.29, 0.717) is 24.5 Å². The molecule has 4 rings (SSSR count). The molecule has 156 valence electrons. The van der Waals surface area contributed by atoms with E-state index in [2.05, 4.69) is 29.2 Å². The Balaban J connectivity index is 1.30. The summed E-state index contributed by atoms with van der Waals surface area (Å²) in [7, 11) is 0. The summed E-state index contributed by atoms with van der Waals surface area (Å²) in [5, 5.41) is 0. The van der Waals surface area contributed by atoms with E-state index >= 15 is 0 Å². The van der Waals surface area contributed by atoms with Crippen molar-refractivity contribution in [1.82, 2.24) is 9.80 Å². The quantitative estimate of drug-likeness (QED) is 0.767. The molecule has 6 heteroatoms. The molecule has 0 atom stereocenters. The number of rotatable bonds is 5. The molecule has 0 aliphatic carbocycles. The van der Waals surface area contributed by atoms with Crippen molar-refractivity contribution in [2.75, 3.05) is 50.8 Å². The van der Waals surface area contributed by atoms with Gasteiger partial charge in [-0.05, 0) is 30.2 Å². The molecule has 2 aromatic rings. The van der Waals surface area contributed by atoms with Crippen LogP contribution < -0.4 is 9.64 Å². The van der Waals surface area contributed by atoms with E-state index in [9.17, 15) is 9.59 Å². The van der Waals surface area contributed by atoms with Crippen LogP contribution in [0.15, 0.2) is 54.6 Å². The van der Waals surface area contributed by atoms with Crippen LogP contribution in [0.1, 0.15) is 11.1 Å². The summed E-state index contributed by atoms with van der Waals surface area (Å²) in [5.74, 6) is 0.464. The fourth-order valence-electron chi connectivity index (χ4n) is 3.80. The molecule has 30 heavy (non-hydrogen) atoms. The first-order chi connectivity index (χ1) is 14.6. The van der Waals surface area contributed by atoms with Gasteiger partial charge in [0.2, 0.25) is 5.91 Å². The van der Waals surface area contributed by atoms with Crippen molar-refractivity contribution < 1.29 is 14.3 Å². The van der Waals surface area contributed by atoms with E-state index in [1.807, 2.05) is 48.2 Å². The second-order valence-electron chi connectivity index (χ2n) is 7.73. The van der Waals surface area contributed by atoms with E-state index in [1.165, 1.54) is 5.56 Å². The van der Waals surface area contributed by atoms with Gasteiger partial charge in [0, 0.05) is 32.7 Å². The molecule has 2 aliphatic heterocycles. The number of carbonyl (C=O) groups is 2. The van der Waals surface area contributed by atoms with Gasteiger partial charge < -0.3 is 9.64 Å². The lowest BCUT2D eigenvalue weighted by atomic mass is 10.1. The lowest BCUT2D eigenvalue weighted by Gasteiger charge is -2.36. The zero-order chi connectivity index (χ0) is 20.9. The maximum absolute atomic E-state index is 12.9. The Hall–Kier alpha value is -3.12. The molecular weight excluding hydrogens is 378 g/mol. The number of hydrogen-bond acceptors (Lipinski definition) is 4. The Kier molecular flexibility index (Phi) is 6.14. The Morgan fingerprint density at radius 2 is 1.83 bits per heavy atom. The SMILES string of the molecule is Cc1ccc2c(c1)N(CC(=O)N1CCN(CC=Cc3ccccc3)CC1)C(=O)CO2. The molecule has 0 bridgehead atoms. The highest BCUT2D eigenvalue weighted by atomic mass is 16.5. The van der Waals surface area contributed by atoms with Crippen molar-refractivity contribution in [3.63, 3.8) is 0 Å². The normalized spacial score (nSPS) is 17.2. The number of amides is 2. The number of hydrogen-bond donors (Lipinski definition) is 0. The molecule has 6 nitrogen and oxygen atoms in total. The van der Waals surface area contributed by atoms with Gasteiger partial charge in [0.05, 0.1) is 5.69 Å². The van der Waals surface area contributed by atoms with Crippen LogP contribution in [0, 0.1) is 6.92 Å². The molecule has 0 unspecified atom stereocenters. The summed E-state index contributed by atoms with van der Waals surface area (Å²) in [4.78, 5) is 31.0. The van der Waals surface area contributed by atoms with Crippen LogP contribution >= 0.6 is 0 Å². The Labute approximate surface area is 177 Å². The molecule has 0 saturated carbocycles. The highest BCUT2D eigenvalue weighted by Gasteiger charge is 2.30. The zero-order valence-corrected chi connectivity index (χ0v) is 17.3. The maximum Gasteiger partial charge on any atom is 0.265 e. The first kappa shape index (κ1) is 20.2. The molecule has 2 heterocycles. The minimum absolute atomic E-state index is 0.0165. The number of piperazine rings is 1. The van der Waals surface area contributed by atoms with E-state index in [-0.39, 0.29) is 25.0 Å². The number of ether oxygens (including phenoxy) is 1. The Morgan fingerprint density at radius 3 is 2.60 bits per heavy atom. The van der Waals surface area contributed by atoms with E-state index in [1.54, 1.807) is 4.90 Å². The molecule has 0 N–H and O–H groups in total. The largest absolute Gasteiger partial charge is 0.482 e. The van der Waals surface area contributed by atoms with Crippen LogP contribution in [-0.4, -0.2) is 67.5 Å². The van der Waals surface area contributed by atoms with Crippen LogP contribution in [0.4, 0.5) is 5.69 Å².